The van der Waals surface area contributed by atoms with Crippen LogP contribution in [0.2, 0.25) is 0 Å². The standard InChI is InChI=1S/C20H22N4O5S2/c1-13(29-17-11-7-15(8-12-17)24(2)31(4,26)27)18(25)21-20-23-22-19(30-20)14-5-9-16(28-3)10-6-14/h5-13H,1-4H3,(H,21,23,25)/t13-/m0/s1. The maximum absolute atomic E-state index is 12.5. The van der Waals surface area contributed by atoms with Gasteiger partial charge >= 0.3 is 0 Å². The van der Waals surface area contributed by atoms with Crippen LogP contribution in [0.5, 0.6) is 11.5 Å². The van der Waals surface area contributed by atoms with Crippen LogP contribution in [-0.2, 0) is 14.8 Å². The van der Waals surface area contributed by atoms with Crippen molar-refractivity contribution in [2.45, 2.75) is 13.0 Å². The molecule has 11 heteroatoms. The summed E-state index contributed by atoms with van der Waals surface area (Å²) in [5.74, 6) is 0.794. The first-order valence-corrected chi connectivity index (χ1v) is 11.8. The quantitative estimate of drug-likeness (QED) is 0.548. The van der Waals surface area contributed by atoms with Crippen molar-refractivity contribution in [3.63, 3.8) is 0 Å². The van der Waals surface area contributed by atoms with Gasteiger partial charge in [0.2, 0.25) is 15.2 Å². The van der Waals surface area contributed by atoms with Crippen molar-refractivity contribution in [3.8, 4) is 22.1 Å². The summed E-state index contributed by atoms with van der Waals surface area (Å²) < 4.78 is 35.2. The van der Waals surface area contributed by atoms with E-state index in [0.29, 0.717) is 21.6 Å². The van der Waals surface area contributed by atoms with Crippen molar-refractivity contribution < 1.29 is 22.7 Å². The molecule has 3 aromatic rings. The molecule has 0 saturated carbocycles. The highest BCUT2D eigenvalue weighted by molar-refractivity contribution is 7.92. The summed E-state index contributed by atoms with van der Waals surface area (Å²) in [6, 6.07) is 13.8. The predicted molar refractivity (Wildman–Crippen MR) is 120 cm³/mol. The number of nitrogens with zero attached hydrogens (tertiary/aromatic N) is 3. The lowest BCUT2D eigenvalue weighted by Crippen LogP contribution is -2.30. The summed E-state index contributed by atoms with van der Waals surface area (Å²) in [5.41, 5.74) is 1.36. The predicted octanol–water partition coefficient (Wildman–Crippen LogP) is 3.02. The van der Waals surface area contributed by atoms with E-state index >= 15 is 0 Å². The zero-order chi connectivity index (χ0) is 22.6. The zero-order valence-electron chi connectivity index (χ0n) is 17.4. The molecule has 0 aliphatic carbocycles. The molecule has 0 aliphatic rings. The number of carbonyl (C=O) groups is 1. The molecule has 0 radical (unpaired) electrons. The van der Waals surface area contributed by atoms with Crippen molar-refractivity contribution in [2.75, 3.05) is 30.0 Å². The Morgan fingerprint density at radius 1 is 1.06 bits per heavy atom. The van der Waals surface area contributed by atoms with Gasteiger partial charge in [-0.25, -0.2) is 8.42 Å². The third-order valence-electron chi connectivity index (χ3n) is 4.37. The van der Waals surface area contributed by atoms with E-state index in [4.69, 9.17) is 9.47 Å². The molecular formula is C20H22N4O5S2. The average Bonchev–Trinajstić information content (AvgIpc) is 3.21. The molecule has 1 N–H and O–H groups in total. The fourth-order valence-corrected chi connectivity index (χ4v) is 3.77. The summed E-state index contributed by atoms with van der Waals surface area (Å²) >= 11 is 1.25. The van der Waals surface area contributed by atoms with E-state index < -0.39 is 16.1 Å². The van der Waals surface area contributed by atoms with Crippen molar-refractivity contribution in [3.05, 3.63) is 48.5 Å². The molecule has 1 amide bonds. The summed E-state index contributed by atoms with van der Waals surface area (Å²) in [6.07, 6.45) is 0.323. The number of hydrogen-bond donors (Lipinski definition) is 1. The van der Waals surface area contributed by atoms with Crippen LogP contribution in [0.4, 0.5) is 10.8 Å². The minimum Gasteiger partial charge on any atom is -0.497 e. The van der Waals surface area contributed by atoms with Crippen molar-refractivity contribution in [2.24, 2.45) is 0 Å². The summed E-state index contributed by atoms with van der Waals surface area (Å²) in [7, 11) is -0.293. The maximum atomic E-state index is 12.5. The summed E-state index contributed by atoms with van der Waals surface area (Å²) in [4.78, 5) is 12.5. The number of anilines is 2. The Labute approximate surface area is 184 Å². The molecule has 0 spiro atoms. The van der Waals surface area contributed by atoms with Gasteiger partial charge in [-0.1, -0.05) is 11.3 Å². The topological polar surface area (TPSA) is 111 Å². The lowest BCUT2D eigenvalue weighted by molar-refractivity contribution is -0.122. The van der Waals surface area contributed by atoms with Crippen LogP contribution in [0, 0.1) is 0 Å². The van der Waals surface area contributed by atoms with E-state index in [9.17, 15) is 13.2 Å². The summed E-state index contributed by atoms with van der Waals surface area (Å²) in [6.45, 7) is 1.61. The minimum absolute atomic E-state index is 0.358. The van der Waals surface area contributed by atoms with Gasteiger partial charge in [0, 0.05) is 12.6 Å². The first kappa shape index (κ1) is 22.5. The van der Waals surface area contributed by atoms with E-state index in [1.807, 2.05) is 24.3 Å². The van der Waals surface area contributed by atoms with Crippen molar-refractivity contribution in [1.82, 2.24) is 10.2 Å². The third-order valence-corrected chi connectivity index (χ3v) is 6.47. The largest absolute Gasteiger partial charge is 0.497 e. The van der Waals surface area contributed by atoms with E-state index in [-0.39, 0.29) is 5.91 Å². The van der Waals surface area contributed by atoms with Gasteiger partial charge in [0.1, 0.15) is 16.5 Å². The van der Waals surface area contributed by atoms with Gasteiger partial charge in [-0.2, -0.15) is 0 Å². The SMILES string of the molecule is COc1ccc(-c2nnc(NC(=O)[C@H](C)Oc3ccc(N(C)S(C)(=O)=O)cc3)s2)cc1. The lowest BCUT2D eigenvalue weighted by Gasteiger charge is -2.18. The van der Waals surface area contributed by atoms with Crippen molar-refractivity contribution >= 4 is 38.1 Å². The number of methoxy groups -OCH3 is 1. The molecule has 3 rings (SSSR count). The molecule has 0 aliphatic heterocycles. The number of sulfonamides is 1. The molecule has 0 bridgehead atoms. The average molecular weight is 463 g/mol. The molecule has 0 saturated heterocycles. The first-order chi connectivity index (χ1) is 14.7. The molecule has 0 fully saturated rings. The Bertz CT molecular complexity index is 1150. The molecule has 1 heterocycles. The van der Waals surface area contributed by atoms with E-state index in [0.717, 1.165) is 21.9 Å². The summed E-state index contributed by atoms with van der Waals surface area (Å²) in [5, 5.41) is 11.8. The Morgan fingerprint density at radius 2 is 1.68 bits per heavy atom. The van der Waals surface area contributed by atoms with E-state index in [2.05, 4.69) is 15.5 Å². The van der Waals surface area contributed by atoms with Gasteiger partial charge in [0.25, 0.3) is 5.91 Å². The smallest absolute Gasteiger partial charge is 0.266 e. The Balaban J connectivity index is 1.60. The Hall–Kier alpha value is -3.18. The minimum atomic E-state index is -3.35. The second kappa shape index (κ2) is 9.31. The van der Waals surface area contributed by atoms with Crippen LogP contribution in [0.15, 0.2) is 48.5 Å². The molecule has 9 nitrogen and oxygen atoms in total. The molecule has 0 unspecified atom stereocenters. The van der Waals surface area contributed by atoms with Crippen molar-refractivity contribution in [1.29, 1.82) is 0 Å². The van der Waals surface area contributed by atoms with Gasteiger partial charge in [-0.05, 0) is 55.5 Å². The number of benzene rings is 2. The van der Waals surface area contributed by atoms with Crippen LogP contribution < -0.4 is 19.1 Å². The molecular weight excluding hydrogens is 440 g/mol. The number of carbonyl (C=O) groups excluding carboxylic acids is 1. The second-order valence-corrected chi connectivity index (χ2v) is 9.61. The number of aromatic nitrogens is 2. The van der Waals surface area contributed by atoms with Gasteiger partial charge < -0.3 is 9.47 Å². The zero-order valence-corrected chi connectivity index (χ0v) is 19.0. The molecule has 31 heavy (non-hydrogen) atoms. The third kappa shape index (κ3) is 5.70. The lowest BCUT2D eigenvalue weighted by atomic mass is 10.2. The van der Waals surface area contributed by atoms with E-state index in [1.165, 1.54) is 18.4 Å². The fraction of sp³-hybridized carbons (Fsp3) is 0.250. The number of amides is 1. The molecule has 2 aromatic carbocycles. The van der Waals surface area contributed by atoms with Crippen LogP contribution >= 0.6 is 11.3 Å². The Kier molecular flexibility index (Phi) is 6.76. The fourth-order valence-electron chi connectivity index (χ4n) is 2.51. The number of nitrogens with one attached hydrogen (secondary N) is 1. The Morgan fingerprint density at radius 3 is 2.26 bits per heavy atom. The number of rotatable bonds is 8. The highest BCUT2D eigenvalue weighted by Gasteiger charge is 2.18. The molecule has 1 aromatic heterocycles. The van der Waals surface area contributed by atoms with E-state index in [1.54, 1.807) is 38.3 Å². The number of ether oxygens (including phenoxy) is 2. The van der Waals surface area contributed by atoms with Crippen LogP contribution in [0.25, 0.3) is 10.6 Å². The molecule has 164 valence electrons. The number of hydrogen-bond acceptors (Lipinski definition) is 8. The van der Waals surface area contributed by atoms with Gasteiger partial charge in [0.15, 0.2) is 6.10 Å². The normalized spacial score (nSPS) is 12.1. The van der Waals surface area contributed by atoms with Gasteiger partial charge in [0.05, 0.1) is 19.1 Å². The van der Waals surface area contributed by atoms with Gasteiger partial charge in [-0.3, -0.25) is 14.4 Å². The highest BCUT2D eigenvalue weighted by Crippen LogP contribution is 2.28. The first-order valence-electron chi connectivity index (χ1n) is 9.17. The highest BCUT2D eigenvalue weighted by atomic mass is 32.2. The van der Waals surface area contributed by atoms with Crippen LogP contribution in [0.3, 0.4) is 0 Å². The maximum Gasteiger partial charge on any atom is 0.266 e. The van der Waals surface area contributed by atoms with Gasteiger partial charge in [-0.15, -0.1) is 10.2 Å². The monoisotopic (exact) mass is 462 g/mol. The second-order valence-electron chi connectivity index (χ2n) is 6.61. The molecule has 1 atom stereocenters. The van der Waals surface area contributed by atoms with Crippen LogP contribution in [-0.4, -0.2) is 51.0 Å². The van der Waals surface area contributed by atoms with Crippen LogP contribution in [0.1, 0.15) is 6.92 Å².